The van der Waals surface area contributed by atoms with E-state index in [1.165, 1.54) is 205 Å². The summed E-state index contributed by atoms with van der Waals surface area (Å²) in [6, 6.07) is 22.6. The van der Waals surface area contributed by atoms with Crippen LogP contribution >= 0.6 is 0 Å². The smallest absolute Gasteiger partial charge is 0.0369 e. The maximum absolute atomic E-state index is 2.71. The molecule has 344 valence electrons. The largest absolute Gasteiger partial charge is 0.372 e. The third-order valence-corrected chi connectivity index (χ3v) is 13.5. The molecule has 61 heavy (non-hydrogen) atoms. The van der Waals surface area contributed by atoms with Crippen LogP contribution in [0.15, 0.2) is 54.6 Å². The van der Waals surface area contributed by atoms with E-state index in [2.05, 4.69) is 132 Å². The third-order valence-electron chi connectivity index (χ3n) is 13.5. The van der Waals surface area contributed by atoms with Crippen LogP contribution in [0.4, 0.5) is 17.1 Å². The Labute approximate surface area is 379 Å². The van der Waals surface area contributed by atoms with Gasteiger partial charge in [-0.15, -0.1) is 0 Å². The molecule has 0 atom stereocenters. The van der Waals surface area contributed by atoms with Crippen LogP contribution in [0.1, 0.15) is 235 Å². The highest BCUT2D eigenvalue weighted by Gasteiger charge is 2.24. The second-order valence-electron chi connectivity index (χ2n) is 18.9. The van der Waals surface area contributed by atoms with E-state index < -0.39 is 0 Å². The van der Waals surface area contributed by atoms with Crippen LogP contribution in [-0.4, -0.2) is 39.3 Å². The Morgan fingerprint density at radius 2 is 0.508 bits per heavy atom. The van der Waals surface area contributed by atoms with Gasteiger partial charge in [-0.25, -0.2) is 0 Å². The summed E-state index contributed by atoms with van der Waals surface area (Å²) in [5, 5.41) is 0. The Morgan fingerprint density at radius 3 is 0.689 bits per heavy atom. The first-order chi connectivity index (χ1) is 29.8. The topological polar surface area (TPSA) is 9.72 Å². The van der Waals surface area contributed by atoms with Gasteiger partial charge in [0, 0.05) is 62.2 Å². The fourth-order valence-corrected chi connectivity index (χ4v) is 9.53. The van der Waals surface area contributed by atoms with Gasteiger partial charge in [0.2, 0.25) is 0 Å². The highest BCUT2D eigenvalue weighted by atomic mass is 15.1. The summed E-state index contributed by atoms with van der Waals surface area (Å²) in [5.41, 5.74) is 12.9. The molecule has 3 heteroatoms. The molecule has 0 saturated carbocycles. The zero-order chi connectivity index (χ0) is 44.1. The Bertz CT molecular complexity index is 1340. The second-order valence-corrected chi connectivity index (χ2v) is 18.9. The highest BCUT2D eigenvalue weighted by Crippen LogP contribution is 2.40. The van der Waals surface area contributed by atoms with Crippen molar-refractivity contribution >= 4 is 17.1 Å². The Hall–Kier alpha value is -2.94. The number of aryl methyl sites for hydroxylation is 3. The average Bonchev–Trinajstić information content (AvgIpc) is 3.26. The van der Waals surface area contributed by atoms with Crippen molar-refractivity contribution in [1.29, 1.82) is 0 Å². The summed E-state index contributed by atoms with van der Waals surface area (Å²) in [6.07, 6.45) is 31.4. The van der Waals surface area contributed by atoms with Crippen molar-refractivity contribution in [2.45, 2.75) is 222 Å². The molecule has 0 amide bonds. The molecule has 0 bridgehead atoms. The molecule has 3 aromatic carbocycles. The van der Waals surface area contributed by atoms with Crippen molar-refractivity contribution in [3.05, 3.63) is 88.0 Å². The quantitative estimate of drug-likeness (QED) is 0.0427. The fourth-order valence-electron chi connectivity index (χ4n) is 9.53. The molecule has 0 aliphatic heterocycles. The van der Waals surface area contributed by atoms with Crippen molar-refractivity contribution in [3.63, 3.8) is 0 Å². The summed E-state index contributed by atoms with van der Waals surface area (Å²) in [4.78, 5) is 8.13. The van der Waals surface area contributed by atoms with Gasteiger partial charge >= 0.3 is 0 Å². The first-order valence-electron chi connectivity index (χ1n) is 26.4. The molecule has 0 aliphatic rings. The van der Waals surface area contributed by atoms with Crippen LogP contribution < -0.4 is 14.7 Å². The zero-order valence-corrected chi connectivity index (χ0v) is 41.8. The van der Waals surface area contributed by atoms with E-state index >= 15 is 0 Å². The van der Waals surface area contributed by atoms with Crippen LogP contribution in [-0.2, 0) is 0 Å². The molecule has 3 rings (SSSR count). The lowest BCUT2D eigenvalue weighted by Crippen LogP contribution is -2.26. The molecule has 3 aromatic rings. The molecule has 0 heterocycles. The summed E-state index contributed by atoms with van der Waals surface area (Å²) >= 11 is 0. The van der Waals surface area contributed by atoms with Crippen LogP contribution in [0.25, 0.3) is 0 Å². The molecule has 3 nitrogen and oxygen atoms in total. The number of hydrogen-bond acceptors (Lipinski definition) is 3. The summed E-state index contributed by atoms with van der Waals surface area (Å²) in [7, 11) is 0. The number of anilines is 3. The summed E-state index contributed by atoms with van der Waals surface area (Å²) in [6.45, 7) is 28.1. The highest BCUT2D eigenvalue weighted by molar-refractivity contribution is 5.61. The molecular formula is C58H97N3. The maximum Gasteiger partial charge on any atom is 0.0369 e. The number of benzene rings is 3. The third kappa shape index (κ3) is 18.7. The van der Waals surface area contributed by atoms with Crippen LogP contribution in [0, 0.1) is 20.8 Å². The predicted molar refractivity (Wildman–Crippen MR) is 276 cm³/mol. The minimum Gasteiger partial charge on any atom is -0.372 e. The van der Waals surface area contributed by atoms with E-state index in [9.17, 15) is 0 Å². The molecule has 0 aliphatic carbocycles. The normalized spacial score (nSPS) is 11.5. The summed E-state index contributed by atoms with van der Waals surface area (Å²) in [5.74, 6) is 0.185. The van der Waals surface area contributed by atoms with Gasteiger partial charge in [-0.05, 0) is 129 Å². The van der Waals surface area contributed by atoms with E-state index in [0.717, 1.165) is 39.3 Å². The number of nitrogens with zero attached hydrogens (tertiary/aromatic N) is 3. The minimum atomic E-state index is 0.185. The van der Waals surface area contributed by atoms with Crippen LogP contribution in [0.2, 0.25) is 0 Å². The van der Waals surface area contributed by atoms with Crippen molar-refractivity contribution < 1.29 is 0 Å². The SMILES string of the molecule is CCCCCCN(CCCCCC)c1ccc(C(c2ccc(N(CCCCCC)CCCCCC)cc2C)c2ccc(N(CCCCCC)CCCCCC)cc2C)c(C)c1. The lowest BCUT2D eigenvalue weighted by molar-refractivity contribution is 0.608. The average molecular weight is 836 g/mol. The Kier molecular flexibility index (Phi) is 27.3. The van der Waals surface area contributed by atoms with E-state index in [1.807, 2.05) is 0 Å². The fraction of sp³-hybridized carbons (Fsp3) is 0.690. The van der Waals surface area contributed by atoms with Gasteiger partial charge in [0.05, 0.1) is 0 Å². The first-order valence-corrected chi connectivity index (χ1v) is 26.4. The predicted octanol–water partition coefficient (Wildman–Crippen LogP) is 17.7. The lowest BCUT2D eigenvalue weighted by Gasteiger charge is -2.30. The van der Waals surface area contributed by atoms with Crippen molar-refractivity contribution in [3.8, 4) is 0 Å². The van der Waals surface area contributed by atoms with Gasteiger partial charge in [-0.2, -0.15) is 0 Å². The molecule has 0 saturated heterocycles. The van der Waals surface area contributed by atoms with Crippen LogP contribution in [0.5, 0.6) is 0 Å². The molecular weight excluding hydrogens is 739 g/mol. The second kappa shape index (κ2) is 31.8. The molecule has 0 fully saturated rings. The van der Waals surface area contributed by atoms with Crippen molar-refractivity contribution in [2.24, 2.45) is 0 Å². The summed E-state index contributed by atoms with van der Waals surface area (Å²) < 4.78 is 0. The van der Waals surface area contributed by atoms with Crippen molar-refractivity contribution in [1.82, 2.24) is 0 Å². The van der Waals surface area contributed by atoms with Gasteiger partial charge in [0.1, 0.15) is 0 Å². The monoisotopic (exact) mass is 836 g/mol. The molecule has 0 aromatic heterocycles. The molecule has 0 unspecified atom stereocenters. The van der Waals surface area contributed by atoms with E-state index in [4.69, 9.17) is 0 Å². The van der Waals surface area contributed by atoms with E-state index in [1.54, 1.807) is 0 Å². The molecule has 0 radical (unpaired) electrons. The van der Waals surface area contributed by atoms with Crippen LogP contribution in [0.3, 0.4) is 0 Å². The zero-order valence-electron chi connectivity index (χ0n) is 41.8. The maximum atomic E-state index is 2.71. The number of rotatable bonds is 36. The lowest BCUT2D eigenvalue weighted by atomic mass is 9.79. The van der Waals surface area contributed by atoms with E-state index in [0.29, 0.717) is 0 Å². The number of unbranched alkanes of at least 4 members (excludes halogenated alkanes) is 18. The molecule has 0 spiro atoms. The minimum absolute atomic E-state index is 0.185. The number of hydrogen-bond donors (Lipinski definition) is 0. The Morgan fingerprint density at radius 1 is 0.295 bits per heavy atom. The van der Waals surface area contributed by atoms with Gasteiger partial charge in [0.25, 0.3) is 0 Å². The van der Waals surface area contributed by atoms with Gasteiger partial charge < -0.3 is 14.7 Å². The van der Waals surface area contributed by atoms with Gasteiger partial charge in [-0.1, -0.05) is 175 Å². The van der Waals surface area contributed by atoms with E-state index in [-0.39, 0.29) is 5.92 Å². The van der Waals surface area contributed by atoms with Crippen molar-refractivity contribution in [2.75, 3.05) is 54.0 Å². The Balaban J connectivity index is 2.11. The molecule has 0 N–H and O–H groups in total. The van der Waals surface area contributed by atoms with Gasteiger partial charge in [0.15, 0.2) is 0 Å². The first kappa shape index (κ1) is 52.4. The van der Waals surface area contributed by atoms with Gasteiger partial charge in [-0.3, -0.25) is 0 Å². The standard InChI is InChI=1S/C58H97N3/c1-10-16-22-28-40-59(41-29-23-17-11-2)52-34-37-55(49(7)46-52)58(56-38-35-53(47-50(56)8)60(42-30-24-18-12-3)43-31-25-19-13-4)57-39-36-54(48-51(57)9)61(44-32-26-20-14-5)45-33-27-21-15-6/h34-39,46-48,58H,10-33,40-45H2,1-9H3.